The van der Waals surface area contributed by atoms with Gasteiger partial charge in [-0.1, -0.05) is 51.3 Å². The number of allylic oxidation sites excluding steroid dienone is 3. The number of fused-ring (bicyclic) bond motifs is 3. The molecule has 4 aromatic heterocycles. The maximum absolute atomic E-state index is 13.3. The summed E-state index contributed by atoms with van der Waals surface area (Å²) in [4.78, 5) is 82.6. The van der Waals surface area contributed by atoms with Gasteiger partial charge in [0.25, 0.3) is 11.8 Å². The predicted molar refractivity (Wildman–Crippen MR) is 315 cm³/mol. The summed E-state index contributed by atoms with van der Waals surface area (Å²) in [6.45, 7) is 13.9. The number of Topliss-reactive ketones (excluding diaryl/α,β-unsaturated/α-hetero) is 2. The van der Waals surface area contributed by atoms with E-state index in [0.29, 0.717) is 52.5 Å². The van der Waals surface area contributed by atoms with Crippen molar-refractivity contribution in [1.82, 2.24) is 18.3 Å². The van der Waals surface area contributed by atoms with E-state index in [1.807, 2.05) is 56.7 Å². The third-order valence-corrected chi connectivity index (χ3v) is 15.3. The molecular formula is C61H67BrCl2F2N6O10. The zero-order chi connectivity index (χ0) is 60.1. The molecule has 10 rings (SSSR count). The van der Waals surface area contributed by atoms with Crippen LogP contribution in [0.25, 0.3) is 0 Å². The lowest BCUT2D eigenvalue weighted by Gasteiger charge is -2.09. The highest BCUT2D eigenvalue weighted by atomic mass is 79.9. The van der Waals surface area contributed by atoms with Gasteiger partial charge in [-0.25, -0.2) is 23.2 Å². The maximum Gasteiger partial charge on any atom is 0.354 e. The van der Waals surface area contributed by atoms with Gasteiger partial charge >= 0.3 is 17.9 Å². The summed E-state index contributed by atoms with van der Waals surface area (Å²) in [5.41, 5.74) is 12.0. The number of esters is 3. The number of hydrogen-bond donors (Lipinski definition) is 2. The first kappa shape index (κ1) is 63.8. The Balaban J connectivity index is 0.000000171. The number of nitrogens with zero attached hydrogens (tertiary/aromatic N) is 4. The summed E-state index contributed by atoms with van der Waals surface area (Å²) in [5.74, 6) is -3.50. The van der Waals surface area contributed by atoms with Crippen LogP contribution in [0, 0.1) is 39.3 Å². The van der Waals surface area contributed by atoms with E-state index in [1.54, 1.807) is 11.5 Å². The largest absolute Gasteiger partial charge is 0.466 e. The Labute approximate surface area is 493 Å². The van der Waals surface area contributed by atoms with E-state index < -0.39 is 29.1 Å². The normalized spacial score (nSPS) is 13.1. The lowest BCUT2D eigenvalue weighted by atomic mass is 10.0. The SMILES string of the molecule is CC(=O)C(=O)c1c(C)c(C(=O)Nc2ccc(F)c(Cl)c2)n2c1CCC2.COC(=O)C1=C(C)C=CC1.COC(=O)c1c(C)cc2n1CCC2.COC(=O)c1c(C)ccn1CCCBr.Cc1cc2n(c1C(=O)Nc1ccc(F)c(Cl)c1)CCC2. The first-order valence-electron chi connectivity index (χ1n) is 26.6. The number of nitrogens with one attached hydrogen (secondary N) is 2. The number of hydrogen-bond acceptors (Lipinski definition) is 10. The highest BCUT2D eigenvalue weighted by Gasteiger charge is 2.32. The molecule has 16 nitrogen and oxygen atoms in total. The van der Waals surface area contributed by atoms with Crippen LogP contribution >= 0.6 is 39.1 Å². The smallest absolute Gasteiger partial charge is 0.354 e. The van der Waals surface area contributed by atoms with E-state index in [2.05, 4.69) is 52.6 Å². The highest BCUT2D eigenvalue weighted by molar-refractivity contribution is 9.09. The van der Waals surface area contributed by atoms with Gasteiger partial charge in [0, 0.05) is 78.7 Å². The fourth-order valence-electron chi connectivity index (χ4n) is 10.3. The van der Waals surface area contributed by atoms with Crippen LogP contribution in [0.4, 0.5) is 20.2 Å². The van der Waals surface area contributed by atoms with E-state index in [9.17, 15) is 42.3 Å². The maximum atomic E-state index is 13.3. The number of methoxy groups -OCH3 is 3. The van der Waals surface area contributed by atoms with E-state index in [0.717, 1.165) is 115 Å². The summed E-state index contributed by atoms with van der Waals surface area (Å²) in [5, 5.41) is 6.28. The van der Waals surface area contributed by atoms with Crippen LogP contribution in [0.1, 0.15) is 138 Å². The average Bonchev–Trinajstić information content (AvgIpc) is 4.54. The van der Waals surface area contributed by atoms with Crippen molar-refractivity contribution in [2.45, 2.75) is 119 Å². The molecule has 2 amide bonds. The molecule has 0 bridgehead atoms. The van der Waals surface area contributed by atoms with E-state index in [-0.39, 0.29) is 33.9 Å². The van der Waals surface area contributed by atoms with Crippen molar-refractivity contribution >= 4 is 91.8 Å². The van der Waals surface area contributed by atoms with Crippen molar-refractivity contribution in [3.8, 4) is 0 Å². The number of halogens is 5. The molecule has 0 fully saturated rings. The highest BCUT2D eigenvalue weighted by Crippen LogP contribution is 2.32. The summed E-state index contributed by atoms with van der Waals surface area (Å²) in [6.07, 6.45) is 13.3. The second-order valence-electron chi connectivity index (χ2n) is 19.8. The Morgan fingerprint density at radius 3 is 1.62 bits per heavy atom. The lowest BCUT2D eigenvalue weighted by Crippen LogP contribution is -2.18. The number of alkyl halides is 1. The minimum atomic E-state index is -0.577. The summed E-state index contributed by atoms with van der Waals surface area (Å²) in [6, 6.07) is 14.1. The number of aromatic nitrogens is 4. The van der Waals surface area contributed by atoms with Gasteiger partial charge in [-0.3, -0.25) is 19.2 Å². The summed E-state index contributed by atoms with van der Waals surface area (Å²) >= 11 is 14.8. The number of ketones is 2. The third kappa shape index (κ3) is 15.0. The van der Waals surface area contributed by atoms with Gasteiger partial charge in [0.05, 0.1) is 36.9 Å². The Kier molecular flexibility index (Phi) is 22.6. The van der Waals surface area contributed by atoms with Crippen LogP contribution in [0.3, 0.4) is 0 Å². The van der Waals surface area contributed by atoms with E-state index in [1.165, 1.54) is 70.0 Å². The van der Waals surface area contributed by atoms with Crippen molar-refractivity contribution in [2.24, 2.45) is 0 Å². The van der Waals surface area contributed by atoms with Gasteiger partial charge in [-0.05, 0) is 168 Å². The topological polar surface area (TPSA) is 191 Å². The fraction of sp³-hybridized carbons (Fsp3) is 0.361. The molecule has 1 aliphatic carbocycles. The van der Waals surface area contributed by atoms with Gasteiger partial charge in [0.15, 0.2) is 5.78 Å². The molecule has 0 radical (unpaired) electrons. The van der Waals surface area contributed by atoms with Crippen LogP contribution in [-0.2, 0) is 69.2 Å². The first-order valence-corrected chi connectivity index (χ1v) is 28.5. The minimum Gasteiger partial charge on any atom is -0.466 e. The third-order valence-electron chi connectivity index (χ3n) is 14.2. The molecule has 21 heteroatoms. The minimum absolute atomic E-state index is 0.0000833. The molecule has 436 valence electrons. The number of benzene rings is 2. The first-order chi connectivity index (χ1) is 39.1. The van der Waals surface area contributed by atoms with Crippen LogP contribution < -0.4 is 10.6 Å². The fourth-order valence-corrected chi connectivity index (χ4v) is 10.9. The zero-order valence-corrected chi connectivity index (χ0v) is 50.5. The van der Waals surface area contributed by atoms with Crippen LogP contribution in [0.15, 0.2) is 84.1 Å². The molecule has 2 N–H and O–H groups in total. The number of carbonyl (C=O) groups is 7. The van der Waals surface area contributed by atoms with Gasteiger partial charge in [-0.15, -0.1) is 0 Å². The molecule has 0 atom stereocenters. The Hall–Kier alpha value is -7.35. The molecule has 82 heavy (non-hydrogen) atoms. The van der Waals surface area contributed by atoms with Gasteiger partial charge < -0.3 is 43.1 Å². The van der Waals surface area contributed by atoms with Crippen molar-refractivity contribution in [3.05, 3.63) is 173 Å². The van der Waals surface area contributed by atoms with Crippen LogP contribution in [0.2, 0.25) is 10.0 Å². The van der Waals surface area contributed by atoms with Gasteiger partial charge in [0.2, 0.25) is 5.78 Å². The molecule has 3 aliphatic heterocycles. The zero-order valence-electron chi connectivity index (χ0n) is 47.4. The number of ether oxygens (including phenoxy) is 3. The molecule has 0 unspecified atom stereocenters. The van der Waals surface area contributed by atoms with Crippen LogP contribution in [-0.4, -0.2) is 86.2 Å². The molecule has 7 heterocycles. The quantitative estimate of drug-likeness (QED) is 0.0392. The number of carbonyl (C=O) groups excluding carboxylic acids is 7. The molecular weight excluding hydrogens is 1170 g/mol. The second-order valence-corrected chi connectivity index (χ2v) is 21.4. The number of amides is 2. The number of anilines is 2. The lowest BCUT2D eigenvalue weighted by molar-refractivity contribution is -0.136. The average molecular weight is 1230 g/mol. The Morgan fingerprint density at radius 1 is 0.622 bits per heavy atom. The summed E-state index contributed by atoms with van der Waals surface area (Å²) < 4.78 is 48.2. The van der Waals surface area contributed by atoms with E-state index in [4.69, 9.17) is 32.7 Å². The monoisotopic (exact) mass is 1230 g/mol. The molecule has 6 aromatic rings. The molecule has 0 spiro atoms. The standard InChI is InChI=1S/C18H16ClFN2O3.C15H14ClFN2O.C10H14BrNO2.C10H13NO2.C8H10O2/c1-9-15(17(24)10(2)23)14-4-3-7-22(14)16(9)18(25)21-11-5-6-13(20)12(19)8-11;1-9-7-11-3-2-6-19(11)14(9)15(20)18-10-4-5-13(17)12(16)8-10;1-8-4-7-12(6-3-5-11)9(8)10(13)14-2;1-7-6-8-4-3-5-11(8)9(7)10(12)13-2;1-6-4-3-5-7(6)8(9)10-2/h5-6,8H,3-4,7H2,1-2H3,(H,21,25);4-5,7-8H,2-3,6H2,1H3,(H,18,20);4,7H,3,5-6H2,1-2H3;6H,3-5H2,1-2H3;3-4H,5H2,1-2H3. The van der Waals surface area contributed by atoms with Gasteiger partial charge in [0.1, 0.15) is 34.4 Å². The Bertz CT molecular complexity index is 3500. The van der Waals surface area contributed by atoms with Crippen molar-refractivity contribution in [2.75, 3.05) is 37.3 Å². The number of rotatable bonds is 12. The van der Waals surface area contributed by atoms with Crippen LogP contribution in [0.5, 0.6) is 0 Å². The van der Waals surface area contributed by atoms with Crippen molar-refractivity contribution in [3.63, 3.8) is 0 Å². The molecule has 0 saturated carbocycles. The summed E-state index contributed by atoms with van der Waals surface area (Å²) in [7, 11) is 4.24. The molecule has 2 aromatic carbocycles. The van der Waals surface area contributed by atoms with Crippen molar-refractivity contribution in [1.29, 1.82) is 0 Å². The van der Waals surface area contributed by atoms with E-state index >= 15 is 0 Å². The van der Waals surface area contributed by atoms with Crippen molar-refractivity contribution < 1.29 is 56.6 Å². The van der Waals surface area contributed by atoms with Gasteiger partial charge in [-0.2, -0.15) is 0 Å². The molecule has 4 aliphatic rings. The molecule has 0 saturated heterocycles. The predicted octanol–water partition coefficient (Wildman–Crippen LogP) is 12.7. The second kappa shape index (κ2) is 29.1. The number of aryl methyl sites for hydroxylation is 6. The Morgan fingerprint density at radius 2 is 1.12 bits per heavy atom.